The molecule has 0 saturated heterocycles. The molecule has 0 fully saturated rings. The van der Waals surface area contributed by atoms with Crippen molar-refractivity contribution >= 4 is 0 Å². The van der Waals surface area contributed by atoms with Gasteiger partial charge in [0.15, 0.2) is 0 Å². The van der Waals surface area contributed by atoms with Crippen LogP contribution in [0.1, 0.15) is 31.7 Å². The van der Waals surface area contributed by atoms with E-state index in [1.54, 1.807) is 0 Å². The minimum atomic E-state index is -0.750. The summed E-state index contributed by atoms with van der Waals surface area (Å²) in [5.41, 5.74) is 1.35. The summed E-state index contributed by atoms with van der Waals surface area (Å²) in [6, 6.07) is 8.37. The van der Waals surface area contributed by atoms with E-state index in [9.17, 15) is 0 Å². The quantitative estimate of drug-likeness (QED) is 0.819. The Labute approximate surface area is 114 Å². The van der Waals surface area contributed by atoms with Crippen molar-refractivity contribution in [2.24, 2.45) is 0 Å². The second kappa shape index (κ2) is 9.36. The maximum atomic E-state index is 7.12. The minimum absolute atomic E-state index is 0.750. The summed E-state index contributed by atoms with van der Waals surface area (Å²) in [6.45, 7) is 1.44. The standard InChI is InChI=1S/C15H18O.CH4O2/c1-2-7-13-8-6-11-15(12-13)16-14-9-4-3-5-10-14;2-1-3/h4,6,8-12H,2-3,5,7H2,1H3;2-3H,1H2. The van der Waals surface area contributed by atoms with Crippen LogP contribution >= 0.6 is 0 Å². The maximum Gasteiger partial charge on any atom is 0.140 e. The van der Waals surface area contributed by atoms with Crippen LogP contribution in [0.2, 0.25) is 0 Å². The largest absolute Gasteiger partial charge is 0.458 e. The molecule has 3 heteroatoms. The zero-order valence-electron chi connectivity index (χ0n) is 11.4. The molecule has 104 valence electrons. The third-order valence-electron chi connectivity index (χ3n) is 2.63. The van der Waals surface area contributed by atoms with E-state index in [1.807, 2.05) is 6.07 Å². The van der Waals surface area contributed by atoms with Gasteiger partial charge in [-0.2, -0.15) is 0 Å². The van der Waals surface area contributed by atoms with Crippen molar-refractivity contribution in [3.63, 3.8) is 0 Å². The number of aliphatic hydroxyl groups excluding tert-OH is 1. The Morgan fingerprint density at radius 2 is 2.00 bits per heavy atom. The van der Waals surface area contributed by atoms with Crippen molar-refractivity contribution < 1.29 is 14.9 Å². The lowest BCUT2D eigenvalue weighted by atomic mass is 10.1. The molecule has 3 nitrogen and oxygen atoms in total. The highest BCUT2D eigenvalue weighted by Gasteiger charge is 2.01. The highest BCUT2D eigenvalue weighted by atomic mass is 16.5. The van der Waals surface area contributed by atoms with E-state index in [0.29, 0.717) is 0 Å². The van der Waals surface area contributed by atoms with Gasteiger partial charge in [-0.15, -0.1) is 0 Å². The smallest absolute Gasteiger partial charge is 0.140 e. The molecule has 1 aromatic carbocycles. The molecule has 0 amide bonds. The normalized spacial score (nSPS) is 13.3. The molecule has 0 radical (unpaired) electrons. The summed E-state index contributed by atoms with van der Waals surface area (Å²) in [6.07, 6.45) is 10.9. The topological polar surface area (TPSA) is 49.7 Å². The van der Waals surface area contributed by atoms with Crippen molar-refractivity contribution in [3.8, 4) is 5.75 Å². The maximum absolute atomic E-state index is 7.12. The molecular formula is C16H22O3. The number of ether oxygens (including phenoxy) is 1. The van der Waals surface area contributed by atoms with E-state index >= 15 is 0 Å². The lowest BCUT2D eigenvalue weighted by Gasteiger charge is -2.10. The molecule has 1 aliphatic rings. The highest BCUT2D eigenvalue weighted by molar-refractivity contribution is 5.32. The Kier molecular flexibility index (Phi) is 7.63. The van der Waals surface area contributed by atoms with Crippen LogP contribution in [0.5, 0.6) is 5.75 Å². The number of benzene rings is 1. The SMILES string of the molecule is CCCc1cccc(OC2=CCCC=C2)c1.OCO. The zero-order valence-corrected chi connectivity index (χ0v) is 11.4. The summed E-state index contributed by atoms with van der Waals surface area (Å²) in [5.74, 6) is 1.92. The monoisotopic (exact) mass is 262 g/mol. The van der Waals surface area contributed by atoms with Gasteiger partial charge in [-0.25, -0.2) is 0 Å². The van der Waals surface area contributed by atoms with E-state index in [-0.39, 0.29) is 0 Å². The van der Waals surface area contributed by atoms with Crippen LogP contribution in [0.15, 0.2) is 48.3 Å². The van der Waals surface area contributed by atoms with E-state index in [1.165, 1.54) is 12.0 Å². The molecule has 19 heavy (non-hydrogen) atoms. The summed E-state index contributed by atoms with van der Waals surface area (Å²) in [5, 5.41) is 14.2. The second-order valence-electron chi connectivity index (χ2n) is 4.23. The Bertz CT molecular complexity index is 422. The number of hydrogen-bond acceptors (Lipinski definition) is 3. The molecule has 0 heterocycles. The molecule has 2 N–H and O–H groups in total. The van der Waals surface area contributed by atoms with Gasteiger partial charge in [-0.3, -0.25) is 0 Å². The predicted octanol–water partition coefficient (Wildman–Crippen LogP) is 3.18. The van der Waals surface area contributed by atoms with Crippen molar-refractivity contribution in [2.45, 2.75) is 32.6 Å². The van der Waals surface area contributed by atoms with Crippen molar-refractivity contribution in [2.75, 3.05) is 6.79 Å². The van der Waals surface area contributed by atoms with Gasteiger partial charge in [0, 0.05) is 0 Å². The fourth-order valence-corrected chi connectivity index (χ4v) is 1.85. The molecule has 0 bridgehead atoms. The Morgan fingerprint density at radius 1 is 1.21 bits per heavy atom. The molecule has 0 spiro atoms. The third-order valence-corrected chi connectivity index (χ3v) is 2.63. The van der Waals surface area contributed by atoms with E-state index < -0.39 is 6.79 Å². The Morgan fingerprint density at radius 3 is 2.63 bits per heavy atom. The van der Waals surface area contributed by atoms with Gasteiger partial charge >= 0.3 is 0 Å². The molecule has 0 saturated carbocycles. The minimum Gasteiger partial charge on any atom is -0.458 e. The van der Waals surface area contributed by atoms with E-state index in [4.69, 9.17) is 14.9 Å². The first-order valence-electron chi connectivity index (χ1n) is 6.65. The fourth-order valence-electron chi connectivity index (χ4n) is 1.85. The molecule has 2 rings (SSSR count). The van der Waals surface area contributed by atoms with E-state index in [0.717, 1.165) is 30.8 Å². The van der Waals surface area contributed by atoms with Gasteiger partial charge in [-0.05, 0) is 49.1 Å². The average Bonchev–Trinajstić information content (AvgIpc) is 2.42. The lowest BCUT2D eigenvalue weighted by molar-refractivity contribution is 0.0773. The molecule has 0 unspecified atom stereocenters. The average molecular weight is 262 g/mol. The van der Waals surface area contributed by atoms with Crippen LogP contribution in [0.25, 0.3) is 0 Å². The summed E-state index contributed by atoms with van der Waals surface area (Å²) in [4.78, 5) is 0. The first-order valence-corrected chi connectivity index (χ1v) is 6.65. The van der Waals surface area contributed by atoms with Crippen LogP contribution in [-0.2, 0) is 6.42 Å². The summed E-state index contributed by atoms with van der Waals surface area (Å²) in [7, 11) is 0. The summed E-state index contributed by atoms with van der Waals surface area (Å²) < 4.78 is 5.82. The highest BCUT2D eigenvalue weighted by Crippen LogP contribution is 2.19. The van der Waals surface area contributed by atoms with Crippen LogP contribution in [-0.4, -0.2) is 17.0 Å². The molecule has 1 aliphatic carbocycles. The number of allylic oxidation sites excluding steroid dienone is 3. The van der Waals surface area contributed by atoms with Crippen molar-refractivity contribution in [3.05, 3.63) is 53.8 Å². The van der Waals surface area contributed by atoms with Gasteiger partial charge in [0.05, 0.1) is 0 Å². The van der Waals surface area contributed by atoms with Gasteiger partial charge in [-0.1, -0.05) is 31.6 Å². The molecule has 1 aromatic rings. The predicted molar refractivity (Wildman–Crippen MR) is 76.8 cm³/mol. The number of hydrogen-bond donors (Lipinski definition) is 2. The van der Waals surface area contributed by atoms with Crippen molar-refractivity contribution in [1.29, 1.82) is 0 Å². The van der Waals surface area contributed by atoms with Crippen LogP contribution in [0.4, 0.5) is 0 Å². The zero-order chi connectivity index (χ0) is 13.9. The first-order chi connectivity index (χ1) is 9.30. The number of aryl methyl sites for hydroxylation is 1. The van der Waals surface area contributed by atoms with Crippen molar-refractivity contribution in [1.82, 2.24) is 0 Å². The van der Waals surface area contributed by atoms with Gasteiger partial charge in [0.1, 0.15) is 18.3 Å². The molecule has 0 atom stereocenters. The lowest BCUT2D eigenvalue weighted by Crippen LogP contribution is -1.95. The second-order valence-corrected chi connectivity index (χ2v) is 4.23. The van der Waals surface area contributed by atoms with Gasteiger partial charge < -0.3 is 14.9 Å². The Balaban J connectivity index is 0.000000550. The molecular weight excluding hydrogens is 240 g/mol. The molecule has 0 aliphatic heterocycles. The number of aliphatic hydroxyl groups is 2. The fraction of sp³-hybridized carbons (Fsp3) is 0.375. The third kappa shape index (κ3) is 6.22. The van der Waals surface area contributed by atoms with Gasteiger partial charge in [0.2, 0.25) is 0 Å². The van der Waals surface area contributed by atoms with Gasteiger partial charge in [0.25, 0.3) is 0 Å². The first kappa shape index (κ1) is 15.5. The van der Waals surface area contributed by atoms with Crippen LogP contribution < -0.4 is 4.74 Å². The van der Waals surface area contributed by atoms with Crippen LogP contribution in [0, 0.1) is 0 Å². The summed E-state index contributed by atoms with van der Waals surface area (Å²) >= 11 is 0. The molecule has 0 aromatic heterocycles. The van der Waals surface area contributed by atoms with Crippen LogP contribution in [0.3, 0.4) is 0 Å². The Hall–Kier alpha value is -1.58. The van der Waals surface area contributed by atoms with E-state index in [2.05, 4.69) is 43.4 Å². The number of rotatable bonds is 4.